The van der Waals surface area contributed by atoms with E-state index in [1.807, 2.05) is 19.1 Å². The Morgan fingerprint density at radius 3 is 2.93 bits per heavy atom. The average Bonchev–Trinajstić information content (AvgIpc) is 2.19. The molecule has 0 amide bonds. The Hall–Kier alpha value is -0.830. The number of pyridine rings is 1. The summed E-state index contributed by atoms with van der Waals surface area (Å²) in [6.45, 7) is 4.08. The normalized spacial score (nSPS) is 10.1. The van der Waals surface area contributed by atoms with E-state index >= 15 is 0 Å². The Labute approximate surface area is 89.1 Å². The lowest BCUT2D eigenvalue weighted by Crippen LogP contribution is -2.02. The molecule has 0 aliphatic carbocycles. The maximum absolute atomic E-state index is 11.7. The average molecular weight is 209 g/mol. The Bertz CT molecular complexity index is 312. The van der Waals surface area contributed by atoms with E-state index in [2.05, 4.69) is 11.9 Å². The molecule has 0 fully saturated rings. The summed E-state index contributed by atoms with van der Waals surface area (Å²) in [6.07, 6.45) is 3.65. The quantitative estimate of drug-likeness (QED) is 0.763. The van der Waals surface area contributed by atoms with Crippen LogP contribution in [0.2, 0.25) is 0 Å². The molecule has 1 aromatic heterocycles. The standard InChI is InChI=1S/C11H15NOS/c1-3-6-10-9(7-5-8-12-10)11(13)14-4-2/h5,7-8H,3-4,6H2,1-2H3. The summed E-state index contributed by atoms with van der Waals surface area (Å²) < 4.78 is 0. The highest BCUT2D eigenvalue weighted by molar-refractivity contribution is 8.14. The highest BCUT2D eigenvalue weighted by atomic mass is 32.2. The van der Waals surface area contributed by atoms with Crippen LogP contribution in [0.4, 0.5) is 0 Å². The molecule has 0 atom stereocenters. The molecule has 0 bridgehead atoms. The molecule has 1 aromatic rings. The number of rotatable bonds is 4. The van der Waals surface area contributed by atoms with Gasteiger partial charge in [-0.1, -0.05) is 32.0 Å². The van der Waals surface area contributed by atoms with Crippen molar-refractivity contribution in [3.05, 3.63) is 29.6 Å². The summed E-state index contributed by atoms with van der Waals surface area (Å²) in [5.74, 6) is 0.819. The number of aryl methyl sites for hydroxylation is 1. The van der Waals surface area contributed by atoms with Crippen LogP contribution in [-0.4, -0.2) is 15.9 Å². The highest BCUT2D eigenvalue weighted by Gasteiger charge is 2.10. The molecule has 0 spiro atoms. The lowest BCUT2D eigenvalue weighted by atomic mass is 10.1. The summed E-state index contributed by atoms with van der Waals surface area (Å²) in [6, 6.07) is 3.69. The molecule has 0 aromatic carbocycles. The Morgan fingerprint density at radius 2 is 2.29 bits per heavy atom. The predicted octanol–water partition coefficient (Wildman–Crippen LogP) is 2.93. The Kier molecular flexibility index (Phi) is 4.66. The maximum atomic E-state index is 11.7. The minimum atomic E-state index is 0.143. The molecule has 0 saturated carbocycles. The van der Waals surface area contributed by atoms with Crippen LogP contribution in [0.15, 0.2) is 18.3 Å². The number of carbonyl (C=O) groups is 1. The molecule has 0 aliphatic rings. The van der Waals surface area contributed by atoms with Crippen molar-refractivity contribution in [2.75, 3.05) is 5.75 Å². The third-order valence-electron chi connectivity index (χ3n) is 1.87. The van der Waals surface area contributed by atoms with Crippen LogP contribution >= 0.6 is 11.8 Å². The zero-order valence-electron chi connectivity index (χ0n) is 8.62. The van der Waals surface area contributed by atoms with Gasteiger partial charge in [0.25, 0.3) is 0 Å². The molecule has 0 radical (unpaired) electrons. The number of carbonyl (C=O) groups excluding carboxylic acids is 1. The summed E-state index contributed by atoms with van der Waals surface area (Å²) in [5, 5.41) is 0.143. The molecule has 0 unspecified atom stereocenters. The summed E-state index contributed by atoms with van der Waals surface area (Å²) >= 11 is 1.35. The molecule has 14 heavy (non-hydrogen) atoms. The molecule has 2 nitrogen and oxygen atoms in total. The topological polar surface area (TPSA) is 30.0 Å². The van der Waals surface area contributed by atoms with Gasteiger partial charge in [0.1, 0.15) is 0 Å². The van der Waals surface area contributed by atoms with Gasteiger partial charge in [-0.25, -0.2) is 0 Å². The van der Waals surface area contributed by atoms with Gasteiger partial charge in [0, 0.05) is 6.20 Å². The van der Waals surface area contributed by atoms with Gasteiger partial charge in [-0.3, -0.25) is 9.78 Å². The minimum Gasteiger partial charge on any atom is -0.282 e. The van der Waals surface area contributed by atoms with Crippen LogP contribution in [0, 0.1) is 0 Å². The SMILES string of the molecule is CCCc1ncccc1C(=O)SCC. The van der Waals surface area contributed by atoms with Gasteiger partial charge < -0.3 is 0 Å². The first kappa shape index (κ1) is 11.2. The fraction of sp³-hybridized carbons (Fsp3) is 0.455. The van der Waals surface area contributed by atoms with E-state index < -0.39 is 0 Å². The third-order valence-corrected chi connectivity index (χ3v) is 2.64. The second-order valence-corrected chi connectivity index (χ2v) is 4.20. The van der Waals surface area contributed by atoms with Crippen LogP contribution in [0.1, 0.15) is 36.3 Å². The van der Waals surface area contributed by atoms with E-state index in [1.54, 1.807) is 6.20 Å². The van der Waals surface area contributed by atoms with Gasteiger partial charge in [0.2, 0.25) is 5.12 Å². The molecule has 0 N–H and O–H groups in total. The van der Waals surface area contributed by atoms with E-state index in [4.69, 9.17) is 0 Å². The lowest BCUT2D eigenvalue weighted by Gasteiger charge is -2.04. The fourth-order valence-electron chi connectivity index (χ4n) is 1.27. The number of hydrogen-bond acceptors (Lipinski definition) is 3. The number of thioether (sulfide) groups is 1. The van der Waals surface area contributed by atoms with Crippen LogP contribution in [-0.2, 0) is 6.42 Å². The number of hydrogen-bond donors (Lipinski definition) is 0. The molecular formula is C11H15NOS. The van der Waals surface area contributed by atoms with Crippen LogP contribution < -0.4 is 0 Å². The van der Waals surface area contributed by atoms with Crippen LogP contribution in [0.25, 0.3) is 0 Å². The molecule has 0 aliphatic heterocycles. The van der Waals surface area contributed by atoms with Gasteiger partial charge in [0.15, 0.2) is 0 Å². The Balaban J connectivity index is 2.88. The van der Waals surface area contributed by atoms with Crippen molar-refractivity contribution >= 4 is 16.9 Å². The maximum Gasteiger partial charge on any atom is 0.221 e. The van der Waals surface area contributed by atoms with Gasteiger partial charge in [-0.15, -0.1) is 0 Å². The van der Waals surface area contributed by atoms with E-state index in [9.17, 15) is 4.79 Å². The van der Waals surface area contributed by atoms with Gasteiger partial charge in [-0.2, -0.15) is 0 Å². The summed E-state index contributed by atoms with van der Waals surface area (Å²) in [5.41, 5.74) is 1.71. The predicted molar refractivity (Wildman–Crippen MR) is 60.7 cm³/mol. The second kappa shape index (κ2) is 5.81. The smallest absolute Gasteiger partial charge is 0.221 e. The van der Waals surface area contributed by atoms with Gasteiger partial charge in [0.05, 0.1) is 11.3 Å². The first-order valence-electron chi connectivity index (χ1n) is 4.90. The van der Waals surface area contributed by atoms with Crippen molar-refractivity contribution in [1.29, 1.82) is 0 Å². The monoisotopic (exact) mass is 209 g/mol. The van der Waals surface area contributed by atoms with E-state index in [0.717, 1.165) is 29.9 Å². The minimum absolute atomic E-state index is 0.143. The second-order valence-electron chi connectivity index (χ2n) is 2.97. The van der Waals surface area contributed by atoms with E-state index in [0.29, 0.717) is 0 Å². The first-order valence-corrected chi connectivity index (χ1v) is 5.89. The summed E-state index contributed by atoms with van der Waals surface area (Å²) in [7, 11) is 0. The molecule has 3 heteroatoms. The fourth-order valence-corrected chi connectivity index (χ4v) is 1.87. The number of aromatic nitrogens is 1. The molecule has 0 saturated heterocycles. The van der Waals surface area contributed by atoms with Crippen molar-refractivity contribution in [3.63, 3.8) is 0 Å². The van der Waals surface area contributed by atoms with Crippen LogP contribution in [0.3, 0.4) is 0 Å². The first-order chi connectivity index (χ1) is 6.79. The zero-order chi connectivity index (χ0) is 10.4. The largest absolute Gasteiger partial charge is 0.282 e. The Morgan fingerprint density at radius 1 is 1.50 bits per heavy atom. The van der Waals surface area contributed by atoms with Crippen molar-refractivity contribution in [2.45, 2.75) is 26.7 Å². The molecule has 1 heterocycles. The van der Waals surface area contributed by atoms with Gasteiger partial charge >= 0.3 is 0 Å². The van der Waals surface area contributed by atoms with E-state index in [-0.39, 0.29) is 5.12 Å². The lowest BCUT2D eigenvalue weighted by molar-refractivity contribution is 0.108. The van der Waals surface area contributed by atoms with Crippen molar-refractivity contribution in [1.82, 2.24) is 4.98 Å². The van der Waals surface area contributed by atoms with Crippen molar-refractivity contribution in [2.24, 2.45) is 0 Å². The molecular weight excluding hydrogens is 194 g/mol. The van der Waals surface area contributed by atoms with Crippen molar-refractivity contribution in [3.8, 4) is 0 Å². The molecule has 76 valence electrons. The van der Waals surface area contributed by atoms with E-state index in [1.165, 1.54) is 11.8 Å². The third kappa shape index (κ3) is 2.84. The summed E-state index contributed by atoms with van der Waals surface area (Å²) in [4.78, 5) is 15.9. The van der Waals surface area contributed by atoms with Crippen molar-refractivity contribution < 1.29 is 4.79 Å². The zero-order valence-corrected chi connectivity index (χ0v) is 9.43. The molecule has 1 rings (SSSR count). The van der Waals surface area contributed by atoms with Gasteiger partial charge in [-0.05, 0) is 24.3 Å². The number of nitrogens with zero attached hydrogens (tertiary/aromatic N) is 1. The highest BCUT2D eigenvalue weighted by Crippen LogP contribution is 2.15. The van der Waals surface area contributed by atoms with Crippen LogP contribution in [0.5, 0.6) is 0 Å².